The molecule has 1 atom stereocenters. The second kappa shape index (κ2) is 8.73. The summed E-state index contributed by atoms with van der Waals surface area (Å²) >= 11 is 5.88. The van der Waals surface area contributed by atoms with E-state index in [9.17, 15) is 0 Å². The van der Waals surface area contributed by atoms with Gasteiger partial charge in [-0.3, -0.25) is 0 Å². The number of hydrogen-bond donors (Lipinski definition) is 1. The van der Waals surface area contributed by atoms with Crippen LogP contribution in [0.2, 0.25) is 5.02 Å². The summed E-state index contributed by atoms with van der Waals surface area (Å²) < 4.78 is 10.9. The normalized spacial score (nSPS) is 16.6. The highest BCUT2D eigenvalue weighted by Gasteiger charge is 2.21. The van der Waals surface area contributed by atoms with Gasteiger partial charge in [0.1, 0.15) is 6.61 Å². The summed E-state index contributed by atoms with van der Waals surface area (Å²) in [4.78, 5) is 6.79. The molecule has 0 aliphatic carbocycles. The van der Waals surface area contributed by atoms with E-state index in [0.29, 0.717) is 29.3 Å². The Labute approximate surface area is 169 Å². The van der Waals surface area contributed by atoms with Crippen molar-refractivity contribution in [2.45, 2.75) is 19.6 Å². The average molecular weight is 399 g/mol. The predicted molar refractivity (Wildman–Crippen MR) is 109 cm³/mol. The van der Waals surface area contributed by atoms with E-state index in [4.69, 9.17) is 26.6 Å². The molecular weight excluding hydrogens is 376 g/mol. The molecule has 0 radical (unpaired) electrons. The monoisotopic (exact) mass is 398 g/mol. The molecule has 0 spiro atoms. The van der Waals surface area contributed by atoms with Gasteiger partial charge in [-0.05, 0) is 60.8 Å². The second-order valence-electron chi connectivity index (χ2n) is 7.01. The fraction of sp³-hybridized carbons (Fsp3) is 0.333. The van der Waals surface area contributed by atoms with Crippen molar-refractivity contribution in [1.82, 2.24) is 10.1 Å². The minimum atomic E-state index is 0.266. The number of ether oxygens (including phenoxy) is 1. The van der Waals surface area contributed by atoms with Gasteiger partial charge in [-0.2, -0.15) is 4.98 Å². The van der Waals surface area contributed by atoms with Crippen LogP contribution >= 0.6 is 11.6 Å². The first kappa shape index (κ1) is 18.9. The van der Waals surface area contributed by atoms with Gasteiger partial charge in [-0.15, -0.1) is 0 Å². The summed E-state index contributed by atoms with van der Waals surface area (Å²) in [6, 6.07) is 15.8. The smallest absolute Gasteiger partial charge is 0.252 e. The predicted octanol–water partition coefficient (Wildman–Crippen LogP) is 3.89. The van der Waals surface area contributed by atoms with Crippen molar-refractivity contribution in [2.24, 2.45) is 11.7 Å². The third-order valence-corrected chi connectivity index (χ3v) is 5.24. The van der Waals surface area contributed by atoms with Crippen LogP contribution in [0.15, 0.2) is 53.1 Å². The Balaban J connectivity index is 1.33. The molecule has 1 saturated heterocycles. The molecule has 1 unspecified atom stereocenters. The van der Waals surface area contributed by atoms with Gasteiger partial charge in [0.15, 0.2) is 0 Å². The molecule has 0 bridgehead atoms. The van der Waals surface area contributed by atoms with Gasteiger partial charge in [0.2, 0.25) is 5.82 Å². The zero-order valence-electron chi connectivity index (χ0n) is 15.6. The van der Waals surface area contributed by atoms with E-state index in [1.807, 2.05) is 36.4 Å². The molecule has 28 heavy (non-hydrogen) atoms. The Kier molecular flexibility index (Phi) is 5.90. The lowest BCUT2D eigenvalue weighted by molar-refractivity contribution is 0.0850. The average Bonchev–Trinajstić information content (AvgIpc) is 3.39. The summed E-state index contributed by atoms with van der Waals surface area (Å²) in [6.45, 7) is 3.55. The quantitative estimate of drug-likeness (QED) is 0.650. The molecular formula is C21H23ClN4O2. The molecule has 7 heteroatoms. The number of rotatable bonds is 7. The van der Waals surface area contributed by atoms with Crippen molar-refractivity contribution >= 4 is 17.3 Å². The number of aromatic nitrogens is 2. The molecule has 1 aromatic heterocycles. The van der Waals surface area contributed by atoms with Crippen molar-refractivity contribution in [3.8, 4) is 11.4 Å². The molecule has 2 aromatic carbocycles. The topological polar surface area (TPSA) is 77.4 Å². The summed E-state index contributed by atoms with van der Waals surface area (Å²) in [5.74, 6) is 1.61. The lowest BCUT2D eigenvalue weighted by Crippen LogP contribution is -2.22. The molecule has 1 aliphatic rings. The number of benzene rings is 2. The van der Waals surface area contributed by atoms with Crippen LogP contribution in [-0.2, 0) is 18.0 Å². The zero-order chi connectivity index (χ0) is 19.3. The molecule has 2 N–H and O–H groups in total. The van der Waals surface area contributed by atoms with Crippen LogP contribution in [0.25, 0.3) is 11.4 Å². The highest BCUT2D eigenvalue weighted by molar-refractivity contribution is 6.30. The maximum atomic E-state index is 5.88. The fourth-order valence-electron chi connectivity index (χ4n) is 3.35. The van der Waals surface area contributed by atoms with Crippen LogP contribution in [0.5, 0.6) is 0 Å². The van der Waals surface area contributed by atoms with Gasteiger partial charge in [0, 0.05) is 29.4 Å². The number of nitrogens with zero attached hydrogens (tertiary/aromatic N) is 3. The molecule has 146 valence electrons. The Morgan fingerprint density at radius 3 is 2.61 bits per heavy atom. The first-order valence-electron chi connectivity index (χ1n) is 9.41. The van der Waals surface area contributed by atoms with Gasteiger partial charge < -0.3 is 19.9 Å². The minimum Gasteiger partial charge on any atom is -0.371 e. The molecule has 6 nitrogen and oxygen atoms in total. The highest BCUT2D eigenvalue weighted by atomic mass is 35.5. The van der Waals surface area contributed by atoms with E-state index in [-0.39, 0.29) is 6.61 Å². The van der Waals surface area contributed by atoms with Crippen LogP contribution in [-0.4, -0.2) is 29.8 Å². The van der Waals surface area contributed by atoms with Crippen molar-refractivity contribution < 1.29 is 9.26 Å². The summed E-state index contributed by atoms with van der Waals surface area (Å²) in [5, 5.41) is 4.77. The zero-order valence-corrected chi connectivity index (χ0v) is 16.3. The molecule has 4 rings (SSSR count). The second-order valence-corrected chi connectivity index (χ2v) is 7.45. The van der Waals surface area contributed by atoms with Gasteiger partial charge >= 0.3 is 0 Å². The van der Waals surface area contributed by atoms with Crippen molar-refractivity contribution in [3.05, 3.63) is 65.0 Å². The highest BCUT2D eigenvalue weighted by Crippen LogP contribution is 2.26. The third-order valence-electron chi connectivity index (χ3n) is 4.99. The number of halogens is 1. The molecule has 1 aliphatic heterocycles. The van der Waals surface area contributed by atoms with E-state index in [1.54, 1.807) is 0 Å². The van der Waals surface area contributed by atoms with E-state index in [2.05, 4.69) is 27.2 Å². The van der Waals surface area contributed by atoms with E-state index < -0.39 is 0 Å². The van der Waals surface area contributed by atoms with E-state index >= 15 is 0 Å². The molecule has 3 aromatic rings. The van der Waals surface area contributed by atoms with Crippen molar-refractivity contribution in [3.63, 3.8) is 0 Å². The largest absolute Gasteiger partial charge is 0.371 e. The summed E-state index contributed by atoms with van der Waals surface area (Å²) in [7, 11) is 0. The summed E-state index contributed by atoms with van der Waals surface area (Å²) in [5.41, 5.74) is 8.95. The van der Waals surface area contributed by atoms with E-state index in [0.717, 1.165) is 37.2 Å². The van der Waals surface area contributed by atoms with Gasteiger partial charge in [-0.25, -0.2) is 0 Å². The Bertz CT molecular complexity index is 896. The first-order valence-corrected chi connectivity index (χ1v) is 9.79. The van der Waals surface area contributed by atoms with Gasteiger partial charge in [0.05, 0.1) is 6.61 Å². The Morgan fingerprint density at radius 1 is 1.11 bits per heavy atom. The number of nitrogens with two attached hydrogens (primary N) is 1. The molecule has 0 amide bonds. The fourth-order valence-corrected chi connectivity index (χ4v) is 3.47. The van der Waals surface area contributed by atoms with Gasteiger partial charge in [0.25, 0.3) is 5.89 Å². The molecule has 1 fully saturated rings. The standard InChI is InChI=1S/C21H23ClN4O2/c22-18-5-1-15(2-6-18)13-27-14-20-24-21(25-28-20)17-3-7-19(8-4-17)26-10-9-16(11-23)12-26/h1-8,16H,9-14,23H2. The first-order chi connectivity index (χ1) is 13.7. The maximum absolute atomic E-state index is 5.88. The molecule has 0 saturated carbocycles. The van der Waals surface area contributed by atoms with Crippen LogP contribution in [0.4, 0.5) is 5.69 Å². The molecule has 2 heterocycles. The Morgan fingerprint density at radius 2 is 1.89 bits per heavy atom. The van der Waals surface area contributed by atoms with Crippen LogP contribution in [0.1, 0.15) is 17.9 Å². The SMILES string of the molecule is NCC1CCN(c2ccc(-c3noc(COCc4ccc(Cl)cc4)n3)cc2)C1. The third kappa shape index (κ3) is 4.52. The van der Waals surface area contributed by atoms with Crippen LogP contribution < -0.4 is 10.6 Å². The van der Waals surface area contributed by atoms with Crippen LogP contribution in [0, 0.1) is 5.92 Å². The number of hydrogen-bond acceptors (Lipinski definition) is 6. The van der Waals surface area contributed by atoms with E-state index in [1.165, 1.54) is 5.69 Å². The van der Waals surface area contributed by atoms with Crippen molar-refractivity contribution in [1.29, 1.82) is 0 Å². The van der Waals surface area contributed by atoms with Crippen molar-refractivity contribution in [2.75, 3.05) is 24.5 Å². The minimum absolute atomic E-state index is 0.266. The maximum Gasteiger partial charge on any atom is 0.252 e. The van der Waals surface area contributed by atoms with Crippen LogP contribution in [0.3, 0.4) is 0 Å². The summed E-state index contributed by atoms with van der Waals surface area (Å²) in [6.07, 6.45) is 1.16. The number of anilines is 1. The van der Waals surface area contributed by atoms with Gasteiger partial charge in [-0.1, -0.05) is 28.9 Å². The lowest BCUT2D eigenvalue weighted by Gasteiger charge is -2.18. The lowest BCUT2D eigenvalue weighted by atomic mass is 10.1. The Hall–Kier alpha value is -2.41.